The predicted octanol–water partition coefficient (Wildman–Crippen LogP) is 3.76. The summed E-state index contributed by atoms with van der Waals surface area (Å²) in [6, 6.07) is 13.2. The number of pyridine rings is 1. The van der Waals surface area contributed by atoms with E-state index in [2.05, 4.69) is 0 Å². The molecule has 1 atom stereocenters. The molecule has 1 saturated heterocycles. The van der Waals surface area contributed by atoms with E-state index in [1.807, 2.05) is 17.5 Å². The van der Waals surface area contributed by atoms with Gasteiger partial charge in [0.05, 0.1) is 10.4 Å². The largest absolute Gasteiger partial charge is 0.619 e. The van der Waals surface area contributed by atoms with Crippen LogP contribution in [0.1, 0.15) is 38.4 Å². The first kappa shape index (κ1) is 22.9. The van der Waals surface area contributed by atoms with E-state index in [1.165, 1.54) is 41.9 Å². The molecule has 1 fully saturated rings. The Labute approximate surface area is 196 Å². The maximum Gasteiger partial charge on any atom is 0.263 e. The van der Waals surface area contributed by atoms with Crippen LogP contribution in [-0.2, 0) is 6.42 Å². The SMILES string of the molecule is CN(C(=O)c1cccs1)C(Cc1ccccc1F)C1CCN(C(=O)c2cc[n+]([O-])cc2)CC1. The fraction of sp³-hybridized carbons (Fsp3) is 0.320. The first-order valence-electron chi connectivity index (χ1n) is 11.0. The Kier molecular flexibility index (Phi) is 7.03. The fourth-order valence-electron chi connectivity index (χ4n) is 4.46. The van der Waals surface area contributed by atoms with Crippen molar-refractivity contribution in [2.24, 2.45) is 5.92 Å². The number of rotatable bonds is 6. The topological polar surface area (TPSA) is 67.6 Å². The molecule has 8 heteroatoms. The molecule has 4 rings (SSSR count). The van der Waals surface area contributed by atoms with E-state index in [-0.39, 0.29) is 29.6 Å². The van der Waals surface area contributed by atoms with Crippen molar-refractivity contribution in [3.63, 3.8) is 0 Å². The second kappa shape index (κ2) is 10.1. The van der Waals surface area contributed by atoms with E-state index in [9.17, 15) is 19.2 Å². The molecule has 33 heavy (non-hydrogen) atoms. The second-order valence-corrected chi connectivity index (χ2v) is 9.28. The summed E-state index contributed by atoms with van der Waals surface area (Å²) in [5.74, 6) is -0.323. The zero-order valence-electron chi connectivity index (χ0n) is 18.4. The van der Waals surface area contributed by atoms with Crippen molar-refractivity contribution in [2.75, 3.05) is 20.1 Å². The van der Waals surface area contributed by atoms with Gasteiger partial charge in [-0.1, -0.05) is 24.3 Å². The van der Waals surface area contributed by atoms with E-state index in [0.29, 0.717) is 53.1 Å². The minimum Gasteiger partial charge on any atom is -0.619 e. The molecule has 0 bridgehead atoms. The number of amides is 2. The van der Waals surface area contributed by atoms with E-state index in [0.717, 1.165) is 0 Å². The van der Waals surface area contributed by atoms with Gasteiger partial charge in [-0.15, -0.1) is 11.3 Å². The molecule has 0 N–H and O–H groups in total. The van der Waals surface area contributed by atoms with Crippen molar-refractivity contribution < 1.29 is 18.7 Å². The third kappa shape index (κ3) is 5.22. The Morgan fingerprint density at radius 3 is 2.48 bits per heavy atom. The summed E-state index contributed by atoms with van der Waals surface area (Å²) < 4.78 is 15.1. The number of hydrogen-bond acceptors (Lipinski definition) is 4. The number of aromatic nitrogens is 1. The van der Waals surface area contributed by atoms with Crippen molar-refractivity contribution in [2.45, 2.75) is 25.3 Å². The zero-order chi connectivity index (χ0) is 23.4. The number of likely N-dealkylation sites (N-methyl/N-ethyl adjacent to an activating group) is 1. The molecule has 1 aromatic carbocycles. The zero-order valence-corrected chi connectivity index (χ0v) is 19.2. The van der Waals surface area contributed by atoms with Crippen molar-refractivity contribution in [1.82, 2.24) is 9.80 Å². The summed E-state index contributed by atoms with van der Waals surface area (Å²) in [6.07, 6.45) is 4.47. The van der Waals surface area contributed by atoms with Crippen LogP contribution < -0.4 is 4.73 Å². The summed E-state index contributed by atoms with van der Waals surface area (Å²) in [5, 5.41) is 13.1. The second-order valence-electron chi connectivity index (χ2n) is 8.33. The molecular formula is C25H26FN3O3S. The van der Waals surface area contributed by atoms with Crippen LogP contribution in [0.15, 0.2) is 66.3 Å². The first-order chi connectivity index (χ1) is 15.9. The molecule has 0 spiro atoms. The molecular weight excluding hydrogens is 441 g/mol. The summed E-state index contributed by atoms with van der Waals surface area (Å²) in [7, 11) is 1.78. The number of hydrogen-bond donors (Lipinski definition) is 0. The summed E-state index contributed by atoms with van der Waals surface area (Å²) >= 11 is 1.39. The van der Waals surface area contributed by atoms with Crippen LogP contribution in [0.4, 0.5) is 4.39 Å². The molecule has 1 aliphatic rings. The van der Waals surface area contributed by atoms with Crippen molar-refractivity contribution in [3.8, 4) is 0 Å². The smallest absolute Gasteiger partial charge is 0.263 e. The Hall–Kier alpha value is -3.26. The minimum atomic E-state index is -0.272. The number of piperidine rings is 1. The number of nitrogens with zero attached hydrogens (tertiary/aromatic N) is 3. The van der Waals surface area contributed by atoms with E-state index in [4.69, 9.17) is 0 Å². The van der Waals surface area contributed by atoms with Crippen LogP contribution in [0, 0.1) is 16.9 Å². The molecule has 0 aliphatic carbocycles. The monoisotopic (exact) mass is 467 g/mol. The molecule has 1 unspecified atom stereocenters. The van der Waals surface area contributed by atoms with Crippen LogP contribution in [-0.4, -0.2) is 47.8 Å². The van der Waals surface area contributed by atoms with Gasteiger partial charge >= 0.3 is 0 Å². The van der Waals surface area contributed by atoms with Gasteiger partial charge in [-0.25, -0.2) is 4.39 Å². The Morgan fingerprint density at radius 1 is 1.15 bits per heavy atom. The molecule has 6 nitrogen and oxygen atoms in total. The number of likely N-dealkylation sites (tertiary alicyclic amines) is 1. The fourth-order valence-corrected chi connectivity index (χ4v) is 5.16. The minimum absolute atomic E-state index is 0.0694. The van der Waals surface area contributed by atoms with E-state index < -0.39 is 0 Å². The highest BCUT2D eigenvalue weighted by Gasteiger charge is 2.34. The maximum absolute atomic E-state index is 14.5. The van der Waals surface area contributed by atoms with Gasteiger partial charge in [0.25, 0.3) is 11.8 Å². The van der Waals surface area contributed by atoms with Crippen LogP contribution >= 0.6 is 11.3 Å². The van der Waals surface area contributed by atoms with Gasteiger partial charge in [-0.05, 0) is 48.3 Å². The molecule has 0 radical (unpaired) electrons. The molecule has 3 heterocycles. The lowest BCUT2D eigenvalue weighted by molar-refractivity contribution is -0.605. The third-order valence-electron chi connectivity index (χ3n) is 6.36. The first-order valence-corrected chi connectivity index (χ1v) is 11.8. The molecule has 2 aromatic heterocycles. The number of halogens is 1. The number of thiophene rings is 1. The molecule has 172 valence electrons. The Balaban J connectivity index is 1.50. The van der Waals surface area contributed by atoms with Gasteiger partial charge in [-0.2, -0.15) is 4.73 Å². The van der Waals surface area contributed by atoms with Gasteiger partial charge in [0.15, 0.2) is 12.4 Å². The summed E-state index contributed by atoms with van der Waals surface area (Å²) in [5.41, 5.74) is 1.07. The highest BCUT2D eigenvalue weighted by molar-refractivity contribution is 7.12. The lowest BCUT2D eigenvalue weighted by atomic mass is 9.84. The highest BCUT2D eigenvalue weighted by atomic mass is 32.1. The lowest BCUT2D eigenvalue weighted by Crippen LogP contribution is -2.48. The maximum atomic E-state index is 14.5. The summed E-state index contributed by atoms with van der Waals surface area (Å²) in [4.78, 5) is 30.1. The van der Waals surface area contributed by atoms with Gasteiger partial charge in [-0.3, -0.25) is 9.59 Å². The molecule has 3 aromatic rings. The molecule has 0 saturated carbocycles. The van der Waals surface area contributed by atoms with Crippen LogP contribution in [0.3, 0.4) is 0 Å². The van der Waals surface area contributed by atoms with Crippen LogP contribution in [0.2, 0.25) is 0 Å². The van der Waals surface area contributed by atoms with E-state index in [1.54, 1.807) is 35.0 Å². The quantitative estimate of drug-likeness (QED) is 0.410. The normalized spacial score (nSPS) is 15.3. The van der Waals surface area contributed by atoms with Crippen LogP contribution in [0.25, 0.3) is 0 Å². The van der Waals surface area contributed by atoms with Gasteiger partial charge < -0.3 is 15.0 Å². The van der Waals surface area contributed by atoms with Crippen molar-refractivity contribution >= 4 is 23.2 Å². The lowest BCUT2D eigenvalue weighted by Gasteiger charge is -2.40. The number of carbonyl (C=O) groups excluding carboxylic acids is 2. The predicted molar refractivity (Wildman–Crippen MR) is 124 cm³/mol. The van der Waals surface area contributed by atoms with Crippen molar-refractivity contribution in [3.05, 3.63) is 93.3 Å². The molecule has 2 amide bonds. The van der Waals surface area contributed by atoms with E-state index >= 15 is 0 Å². The number of carbonyl (C=O) groups is 2. The Morgan fingerprint density at radius 2 is 1.85 bits per heavy atom. The average molecular weight is 468 g/mol. The average Bonchev–Trinajstić information content (AvgIpc) is 3.38. The van der Waals surface area contributed by atoms with Gasteiger partial charge in [0.2, 0.25) is 0 Å². The highest BCUT2D eigenvalue weighted by Crippen LogP contribution is 2.29. The van der Waals surface area contributed by atoms with Gasteiger partial charge in [0, 0.05) is 38.3 Å². The van der Waals surface area contributed by atoms with Gasteiger partial charge in [0.1, 0.15) is 5.82 Å². The molecule has 1 aliphatic heterocycles. The Bertz CT molecular complexity index is 1100. The van der Waals surface area contributed by atoms with Crippen LogP contribution in [0.5, 0.6) is 0 Å². The van der Waals surface area contributed by atoms with Crippen molar-refractivity contribution in [1.29, 1.82) is 0 Å². The number of benzene rings is 1. The summed E-state index contributed by atoms with van der Waals surface area (Å²) in [6.45, 7) is 1.09. The standard InChI is InChI=1S/C25H26FN3O3S/c1-27(25(31)23-7-4-16-33-23)22(17-20-5-2-3-6-21(20)26)18-8-12-28(13-9-18)24(30)19-10-14-29(32)15-11-19/h2-7,10-11,14-16,18,22H,8-9,12-13,17H2,1H3. The third-order valence-corrected chi connectivity index (χ3v) is 7.21.